The zero-order chi connectivity index (χ0) is 10.8. The van der Waals surface area contributed by atoms with Crippen molar-refractivity contribution in [1.29, 1.82) is 0 Å². The fourth-order valence-corrected chi connectivity index (χ4v) is 0.949. The molecule has 0 atom stereocenters. The summed E-state index contributed by atoms with van der Waals surface area (Å²) in [6.45, 7) is 2.19. The molecule has 3 nitrogen and oxygen atoms in total. The van der Waals surface area contributed by atoms with Crippen LogP contribution in [0.4, 0.5) is 0 Å². The van der Waals surface area contributed by atoms with Gasteiger partial charge < -0.3 is 0 Å². The third-order valence-electron chi connectivity index (χ3n) is 1.53. The molecular formula is C10H10MnO3. The SMILES string of the molecule is CCC1=CC=CC1.O=[C]=[Mn](=[C]=O)=[C]=O. The van der Waals surface area contributed by atoms with E-state index in [1.165, 1.54) is 27.2 Å². The number of rotatable bonds is 1. The van der Waals surface area contributed by atoms with Gasteiger partial charge in [-0.05, 0) is 12.8 Å². The minimum absolute atomic E-state index is 1.19. The first-order valence-electron chi connectivity index (χ1n) is 3.96. The Kier molecular flexibility index (Phi) is 7.59. The normalized spacial score (nSPS) is 11.4. The van der Waals surface area contributed by atoms with Crippen molar-refractivity contribution >= 4 is 14.4 Å². The molecule has 0 radical (unpaired) electrons. The van der Waals surface area contributed by atoms with Crippen molar-refractivity contribution in [2.24, 2.45) is 0 Å². The molecule has 0 amide bonds. The van der Waals surface area contributed by atoms with Gasteiger partial charge in [0.15, 0.2) is 0 Å². The van der Waals surface area contributed by atoms with Crippen LogP contribution in [0.2, 0.25) is 0 Å². The van der Waals surface area contributed by atoms with Crippen molar-refractivity contribution in [2.75, 3.05) is 0 Å². The topological polar surface area (TPSA) is 51.2 Å². The summed E-state index contributed by atoms with van der Waals surface area (Å²) in [4.78, 5) is 31.7. The molecule has 1 rings (SSSR count). The molecule has 0 fully saturated rings. The summed E-state index contributed by atoms with van der Waals surface area (Å²) in [6.07, 6.45) is 8.92. The Labute approximate surface area is 85.2 Å². The van der Waals surface area contributed by atoms with E-state index >= 15 is 0 Å². The van der Waals surface area contributed by atoms with E-state index in [0.717, 1.165) is 0 Å². The van der Waals surface area contributed by atoms with E-state index in [1.807, 2.05) is 0 Å². The van der Waals surface area contributed by atoms with Gasteiger partial charge in [0.2, 0.25) is 0 Å². The van der Waals surface area contributed by atoms with Gasteiger partial charge in [-0.1, -0.05) is 30.7 Å². The molecule has 4 heteroatoms. The van der Waals surface area contributed by atoms with E-state index in [0.29, 0.717) is 0 Å². The maximum atomic E-state index is 9.36. The molecule has 0 N–H and O–H groups in total. The molecule has 0 aromatic heterocycles. The van der Waals surface area contributed by atoms with Crippen LogP contribution < -0.4 is 0 Å². The third kappa shape index (κ3) is 5.40. The first-order valence-corrected chi connectivity index (χ1v) is 5.73. The Balaban J connectivity index is 0.000000241. The van der Waals surface area contributed by atoms with Gasteiger partial charge in [0, 0.05) is 0 Å². The summed E-state index contributed by atoms with van der Waals surface area (Å²) >= 11 is -2.30. The van der Waals surface area contributed by atoms with Crippen LogP contribution in [0.15, 0.2) is 23.8 Å². The van der Waals surface area contributed by atoms with Crippen molar-refractivity contribution in [3.05, 3.63) is 23.8 Å². The molecule has 0 heterocycles. The van der Waals surface area contributed by atoms with E-state index in [-0.39, 0.29) is 0 Å². The van der Waals surface area contributed by atoms with E-state index in [1.54, 1.807) is 5.57 Å². The van der Waals surface area contributed by atoms with E-state index < -0.39 is 12.6 Å². The van der Waals surface area contributed by atoms with Crippen molar-refractivity contribution in [3.63, 3.8) is 0 Å². The number of carbonyl (C=O) groups excluding carboxylic acids is 3. The zero-order valence-corrected chi connectivity index (χ0v) is 8.93. The molecule has 0 saturated carbocycles. The Morgan fingerprint density at radius 1 is 1.29 bits per heavy atom. The summed E-state index contributed by atoms with van der Waals surface area (Å²) in [5, 5.41) is 0. The minimum atomic E-state index is -2.30. The standard InChI is InChI=1S/C7H10.3CO.Mn/c1-2-7-5-3-4-6-7;3*1-2;/h3-5H,2,6H2,1H3;;;;. The second-order valence-electron chi connectivity index (χ2n) is 2.33. The molecular weight excluding hydrogens is 223 g/mol. The average molecular weight is 233 g/mol. The monoisotopic (exact) mass is 233 g/mol. The predicted molar refractivity (Wildman–Crippen MR) is 49.2 cm³/mol. The molecule has 1 aliphatic rings. The van der Waals surface area contributed by atoms with Crippen LogP contribution in [0.5, 0.6) is 0 Å². The van der Waals surface area contributed by atoms with Crippen LogP contribution in [0.25, 0.3) is 0 Å². The summed E-state index contributed by atoms with van der Waals surface area (Å²) in [5.74, 6) is 0. The van der Waals surface area contributed by atoms with Gasteiger partial charge in [-0.25, -0.2) is 0 Å². The first-order chi connectivity index (χ1) is 6.78. The second-order valence-corrected chi connectivity index (χ2v) is 3.93. The van der Waals surface area contributed by atoms with Gasteiger partial charge in [-0.2, -0.15) is 0 Å². The maximum absolute atomic E-state index is 9.36. The van der Waals surface area contributed by atoms with Crippen LogP contribution in [-0.4, -0.2) is 14.4 Å². The molecule has 0 aromatic carbocycles. The third-order valence-corrected chi connectivity index (χ3v) is 2.26. The number of hydrogen-bond acceptors (Lipinski definition) is 3. The van der Waals surface area contributed by atoms with E-state index in [4.69, 9.17) is 0 Å². The van der Waals surface area contributed by atoms with Crippen molar-refractivity contribution < 1.29 is 27.0 Å². The molecule has 0 bridgehead atoms. The van der Waals surface area contributed by atoms with Crippen LogP contribution in [-0.2, 0) is 27.0 Å². The van der Waals surface area contributed by atoms with E-state index in [9.17, 15) is 14.4 Å². The zero-order valence-electron chi connectivity index (χ0n) is 7.75. The quantitative estimate of drug-likeness (QED) is 0.637. The molecule has 14 heavy (non-hydrogen) atoms. The molecule has 0 saturated heterocycles. The van der Waals surface area contributed by atoms with Crippen molar-refractivity contribution in [1.82, 2.24) is 0 Å². The van der Waals surface area contributed by atoms with Gasteiger partial charge >= 0.3 is 41.3 Å². The van der Waals surface area contributed by atoms with Crippen LogP contribution >= 0.6 is 0 Å². The van der Waals surface area contributed by atoms with Gasteiger partial charge in [0.1, 0.15) is 0 Å². The molecule has 1 aliphatic carbocycles. The van der Waals surface area contributed by atoms with Crippen LogP contribution in [0, 0.1) is 0 Å². The van der Waals surface area contributed by atoms with Crippen molar-refractivity contribution in [2.45, 2.75) is 19.8 Å². The van der Waals surface area contributed by atoms with Crippen molar-refractivity contribution in [3.8, 4) is 0 Å². The van der Waals surface area contributed by atoms with Gasteiger partial charge in [-0.3, -0.25) is 0 Å². The Hall–Kier alpha value is -1.26. The summed E-state index contributed by atoms with van der Waals surface area (Å²) < 4.78 is 0. The van der Waals surface area contributed by atoms with E-state index in [2.05, 4.69) is 25.2 Å². The fraction of sp³-hybridized carbons (Fsp3) is 0.300. The number of allylic oxidation sites excluding steroid dienone is 4. The Bertz CT molecular complexity index is 404. The predicted octanol–water partition coefficient (Wildman–Crippen LogP) is 1.09. The molecule has 0 aliphatic heterocycles. The summed E-state index contributed by atoms with van der Waals surface area (Å²) in [5.41, 5.74) is 1.56. The first kappa shape index (κ1) is 12.7. The Morgan fingerprint density at radius 2 is 1.86 bits per heavy atom. The summed E-state index contributed by atoms with van der Waals surface area (Å²) in [6, 6.07) is 0. The number of hydrogen-bond donors (Lipinski definition) is 0. The van der Waals surface area contributed by atoms with Gasteiger partial charge in [-0.15, -0.1) is 0 Å². The molecule has 0 unspecified atom stereocenters. The van der Waals surface area contributed by atoms with Crippen LogP contribution in [0.1, 0.15) is 19.8 Å². The molecule has 0 spiro atoms. The average Bonchev–Trinajstić information content (AvgIpc) is 2.74. The van der Waals surface area contributed by atoms with Gasteiger partial charge in [0.05, 0.1) is 0 Å². The van der Waals surface area contributed by atoms with Gasteiger partial charge in [0.25, 0.3) is 0 Å². The second kappa shape index (κ2) is 8.34. The molecule has 0 aromatic rings. The molecule has 75 valence electrons. The van der Waals surface area contributed by atoms with Crippen LogP contribution in [0.3, 0.4) is 0 Å². The fourth-order valence-electron chi connectivity index (χ4n) is 0.801. The summed E-state index contributed by atoms with van der Waals surface area (Å²) in [7, 11) is 0. The Morgan fingerprint density at radius 3 is 2.00 bits per heavy atom.